The van der Waals surface area contributed by atoms with Crippen LogP contribution in [0.3, 0.4) is 0 Å². The summed E-state index contributed by atoms with van der Waals surface area (Å²) in [5.41, 5.74) is 7.27. The van der Waals surface area contributed by atoms with Crippen molar-refractivity contribution >= 4 is 11.6 Å². The average molecular weight is 300 g/mol. The highest BCUT2D eigenvalue weighted by Crippen LogP contribution is 2.31. The van der Waals surface area contributed by atoms with Crippen molar-refractivity contribution in [3.63, 3.8) is 0 Å². The number of nitrogens with two attached hydrogens (primary N) is 1. The maximum atomic E-state index is 12.3. The third-order valence-electron chi connectivity index (χ3n) is 3.32. The lowest BCUT2D eigenvalue weighted by Gasteiger charge is -2.31. The molecule has 2 rings (SSSR count). The van der Waals surface area contributed by atoms with E-state index in [1.165, 1.54) is 13.2 Å². The Morgan fingerprint density at radius 1 is 1.48 bits per heavy atom. The molecule has 2 N–H and O–H groups in total. The fourth-order valence-corrected chi connectivity index (χ4v) is 2.43. The zero-order chi connectivity index (χ0) is 15.4. The Hall–Kier alpha value is -1.73. The number of hydrogen-bond acceptors (Lipinski definition) is 4. The third kappa shape index (κ3) is 3.68. The molecular weight excluding hydrogens is 282 g/mol. The van der Waals surface area contributed by atoms with Crippen LogP contribution in [0.5, 0.6) is 5.75 Å². The Bertz CT molecular complexity index is 511. The molecule has 1 aromatic carbocycles. The monoisotopic (exact) mass is 300 g/mol. The van der Waals surface area contributed by atoms with Crippen molar-refractivity contribution in [2.24, 2.45) is 5.73 Å². The number of ether oxygens (including phenoxy) is 2. The van der Waals surface area contributed by atoms with Gasteiger partial charge in [-0.15, -0.1) is 0 Å². The van der Waals surface area contributed by atoms with Crippen molar-refractivity contribution in [1.82, 2.24) is 0 Å². The van der Waals surface area contributed by atoms with Crippen LogP contribution in [0.4, 0.5) is 14.5 Å². The summed E-state index contributed by atoms with van der Waals surface area (Å²) in [4.78, 5) is 13.9. The van der Waals surface area contributed by atoms with Crippen LogP contribution in [0.25, 0.3) is 0 Å². The summed E-state index contributed by atoms with van der Waals surface area (Å²) in [6, 6.07) is 3.85. The molecule has 0 radical (unpaired) electrons. The molecule has 0 spiro atoms. The molecular formula is C14H18F2N2O3. The molecule has 1 aliphatic heterocycles. The van der Waals surface area contributed by atoms with Crippen LogP contribution >= 0.6 is 0 Å². The number of aryl methyl sites for hydroxylation is 1. The van der Waals surface area contributed by atoms with E-state index in [-0.39, 0.29) is 18.3 Å². The second-order valence-electron chi connectivity index (χ2n) is 4.82. The van der Waals surface area contributed by atoms with Crippen LogP contribution in [0.2, 0.25) is 0 Å². The number of fused-ring (bicyclic) bond motifs is 1. The van der Waals surface area contributed by atoms with E-state index in [2.05, 4.69) is 4.74 Å². The first kappa shape index (κ1) is 15.7. The second-order valence-corrected chi connectivity index (χ2v) is 4.82. The van der Waals surface area contributed by atoms with Crippen molar-refractivity contribution in [3.05, 3.63) is 23.8 Å². The van der Waals surface area contributed by atoms with Gasteiger partial charge in [-0.05, 0) is 36.6 Å². The second kappa shape index (κ2) is 6.82. The van der Waals surface area contributed by atoms with Gasteiger partial charge in [0.25, 0.3) is 0 Å². The SMILES string of the molecule is COCC(N)C(=O)N1CCCc2cc(OC(F)F)ccc21. The van der Waals surface area contributed by atoms with Crippen LogP contribution in [0.1, 0.15) is 12.0 Å². The lowest BCUT2D eigenvalue weighted by atomic mass is 10.0. The number of carbonyl (C=O) groups excluding carboxylic acids is 1. The molecule has 0 saturated heterocycles. The largest absolute Gasteiger partial charge is 0.435 e. The predicted molar refractivity (Wildman–Crippen MR) is 73.6 cm³/mol. The van der Waals surface area contributed by atoms with Crippen molar-refractivity contribution in [2.75, 3.05) is 25.2 Å². The standard InChI is InChI=1S/C14H18F2N2O3/c1-20-8-11(17)13(19)18-6-2-3-9-7-10(21-14(15)16)4-5-12(9)18/h4-5,7,11,14H,2-3,6,8,17H2,1H3. The lowest BCUT2D eigenvalue weighted by molar-refractivity contribution is -0.121. The van der Waals surface area contributed by atoms with Crippen LogP contribution in [0, 0.1) is 0 Å². The first-order chi connectivity index (χ1) is 10.0. The van der Waals surface area contributed by atoms with Crippen molar-refractivity contribution in [3.8, 4) is 5.75 Å². The number of halogens is 2. The Labute approximate surface area is 121 Å². The van der Waals surface area contributed by atoms with E-state index in [0.29, 0.717) is 18.7 Å². The minimum Gasteiger partial charge on any atom is -0.435 e. The molecule has 0 aliphatic carbocycles. The van der Waals surface area contributed by atoms with Gasteiger partial charge < -0.3 is 20.1 Å². The normalized spacial score (nSPS) is 15.8. The van der Waals surface area contributed by atoms with E-state index in [1.807, 2.05) is 0 Å². The van der Waals surface area contributed by atoms with Gasteiger partial charge in [0.2, 0.25) is 5.91 Å². The number of hydrogen-bond donors (Lipinski definition) is 1. The highest BCUT2D eigenvalue weighted by Gasteiger charge is 2.27. The number of amides is 1. The molecule has 1 aromatic rings. The van der Waals surface area contributed by atoms with E-state index in [4.69, 9.17) is 10.5 Å². The smallest absolute Gasteiger partial charge is 0.387 e. The summed E-state index contributed by atoms with van der Waals surface area (Å²) in [6.07, 6.45) is 1.45. The summed E-state index contributed by atoms with van der Waals surface area (Å²) in [6.45, 7) is -2.17. The predicted octanol–water partition coefficient (Wildman–Crippen LogP) is 1.54. The number of carbonyl (C=O) groups is 1. The summed E-state index contributed by atoms with van der Waals surface area (Å²) < 4.78 is 33.7. The van der Waals surface area contributed by atoms with Crippen LogP contribution in [-0.4, -0.2) is 38.8 Å². The molecule has 0 bridgehead atoms. The maximum absolute atomic E-state index is 12.3. The molecule has 0 fully saturated rings. The molecule has 1 amide bonds. The summed E-state index contributed by atoms with van der Waals surface area (Å²) in [5, 5.41) is 0. The molecule has 1 unspecified atom stereocenters. The summed E-state index contributed by atoms with van der Waals surface area (Å²) in [7, 11) is 1.48. The number of rotatable bonds is 5. The number of nitrogens with zero attached hydrogens (tertiary/aromatic N) is 1. The Morgan fingerprint density at radius 2 is 2.24 bits per heavy atom. The number of alkyl halides is 2. The molecule has 116 valence electrons. The molecule has 1 atom stereocenters. The first-order valence-corrected chi connectivity index (χ1v) is 6.66. The lowest BCUT2D eigenvalue weighted by Crippen LogP contribution is -2.48. The Balaban J connectivity index is 2.21. The van der Waals surface area contributed by atoms with Gasteiger partial charge in [0, 0.05) is 19.3 Å². The number of methoxy groups -OCH3 is 1. The fraction of sp³-hybridized carbons (Fsp3) is 0.500. The van der Waals surface area contributed by atoms with Gasteiger partial charge in [0.05, 0.1) is 6.61 Å². The molecule has 0 aromatic heterocycles. The van der Waals surface area contributed by atoms with Crippen LogP contribution < -0.4 is 15.4 Å². The number of anilines is 1. The minimum atomic E-state index is -2.86. The van der Waals surface area contributed by atoms with Gasteiger partial charge in [-0.3, -0.25) is 4.79 Å². The molecule has 1 heterocycles. The average Bonchev–Trinajstić information content (AvgIpc) is 2.45. The van der Waals surface area contributed by atoms with Gasteiger partial charge in [0.15, 0.2) is 0 Å². The zero-order valence-corrected chi connectivity index (χ0v) is 11.7. The number of benzene rings is 1. The minimum absolute atomic E-state index is 0.0965. The van der Waals surface area contributed by atoms with E-state index in [1.54, 1.807) is 17.0 Å². The van der Waals surface area contributed by atoms with E-state index >= 15 is 0 Å². The van der Waals surface area contributed by atoms with Gasteiger partial charge in [-0.2, -0.15) is 8.78 Å². The molecule has 1 aliphatic rings. The van der Waals surface area contributed by atoms with E-state index in [9.17, 15) is 13.6 Å². The van der Waals surface area contributed by atoms with Gasteiger partial charge in [-0.1, -0.05) is 0 Å². The summed E-state index contributed by atoms with van der Waals surface area (Å²) in [5.74, 6) is -0.139. The highest BCUT2D eigenvalue weighted by molar-refractivity contribution is 5.98. The quantitative estimate of drug-likeness (QED) is 0.896. The molecule has 21 heavy (non-hydrogen) atoms. The molecule has 7 heteroatoms. The van der Waals surface area contributed by atoms with E-state index in [0.717, 1.165) is 12.0 Å². The maximum Gasteiger partial charge on any atom is 0.387 e. The van der Waals surface area contributed by atoms with Crippen molar-refractivity contribution in [1.29, 1.82) is 0 Å². The fourth-order valence-electron chi connectivity index (χ4n) is 2.43. The van der Waals surface area contributed by atoms with Crippen LogP contribution in [-0.2, 0) is 16.0 Å². The van der Waals surface area contributed by atoms with Crippen LogP contribution in [0.15, 0.2) is 18.2 Å². The Kier molecular flexibility index (Phi) is 5.08. The third-order valence-corrected chi connectivity index (χ3v) is 3.32. The van der Waals surface area contributed by atoms with Crippen molar-refractivity contribution < 1.29 is 23.0 Å². The zero-order valence-electron chi connectivity index (χ0n) is 11.7. The molecule has 5 nitrogen and oxygen atoms in total. The van der Waals surface area contributed by atoms with Gasteiger partial charge in [-0.25, -0.2) is 0 Å². The van der Waals surface area contributed by atoms with E-state index < -0.39 is 12.7 Å². The Morgan fingerprint density at radius 3 is 2.90 bits per heavy atom. The summed E-state index contributed by atoms with van der Waals surface area (Å²) >= 11 is 0. The first-order valence-electron chi connectivity index (χ1n) is 6.66. The van der Waals surface area contributed by atoms with Gasteiger partial charge in [0.1, 0.15) is 11.8 Å². The highest BCUT2D eigenvalue weighted by atomic mass is 19.3. The topological polar surface area (TPSA) is 64.8 Å². The van der Waals surface area contributed by atoms with Gasteiger partial charge >= 0.3 is 6.61 Å². The molecule has 0 saturated carbocycles. The van der Waals surface area contributed by atoms with Crippen molar-refractivity contribution in [2.45, 2.75) is 25.5 Å².